The van der Waals surface area contributed by atoms with Crippen LogP contribution < -0.4 is 10.1 Å². The van der Waals surface area contributed by atoms with E-state index in [4.69, 9.17) is 27.9 Å². The molecule has 0 bridgehead atoms. The lowest BCUT2D eigenvalue weighted by Crippen LogP contribution is -2.06. The van der Waals surface area contributed by atoms with Gasteiger partial charge in [-0.05, 0) is 43.7 Å². The molecule has 0 spiro atoms. The smallest absolute Gasteiger partial charge is 0.125 e. The SMILES string of the molecule is CNCc1cc(C)c(OCc2cccc(Cl)c2Cl)c(C)c1. The lowest BCUT2D eigenvalue weighted by atomic mass is 10.1. The van der Waals surface area contributed by atoms with Crippen LogP contribution in [0.3, 0.4) is 0 Å². The Balaban J connectivity index is 2.18. The van der Waals surface area contributed by atoms with Crippen LogP contribution in [-0.2, 0) is 13.2 Å². The quantitative estimate of drug-likeness (QED) is 0.844. The molecule has 112 valence electrons. The lowest BCUT2D eigenvalue weighted by molar-refractivity contribution is 0.302. The third kappa shape index (κ3) is 3.91. The van der Waals surface area contributed by atoms with Gasteiger partial charge < -0.3 is 10.1 Å². The summed E-state index contributed by atoms with van der Waals surface area (Å²) in [6, 6.07) is 9.85. The van der Waals surface area contributed by atoms with Crippen LogP contribution in [0.4, 0.5) is 0 Å². The Bertz CT molecular complexity index is 618. The molecular formula is C17H19Cl2NO. The molecule has 2 nitrogen and oxygen atoms in total. The van der Waals surface area contributed by atoms with Crippen LogP contribution in [-0.4, -0.2) is 7.05 Å². The summed E-state index contributed by atoms with van der Waals surface area (Å²) in [4.78, 5) is 0. The van der Waals surface area contributed by atoms with Crippen molar-refractivity contribution >= 4 is 23.2 Å². The first kappa shape index (κ1) is 16.2. The zero-order valence-electron chi connectivity index (χ0n) is 12.5. The average Bonchev–Trinajstić information content (AvgIpc) is 2.42. The third-order valence-corrected chi connectivity index (χ3v) is 4.16. The summed E-state index contributed by atoms with van der Waals surface area (Å²) in [7, 11) is 1.94. The Morgan fingerprint density at radius 2 is 1.76 bits per heavy atom. The van der Waals surface area contributed by atoms with Crippen LogP contribution >= 0.6 is 23.2 Å². The Morgan fingerprint density at radius 3 is 2.38 bits per heavy atom. The van der Waals surface area contributed by atoms with Crippen LogP contribution in [0.5, 0.6) is 5.75 Å². The standard InChI is InChI=1S/C17H19Cl2NO/c1-11-7-13(9-20-3)8-12(2)17(11)21-10-14-5-4-6-15(18)16(14)19/h4-8,20H,9-10H2,1-3H3. The highest BCUT2D eigenvalue weighted by Gasteiger charge is 2.09. The summed E-state index contributed by atoms with van der Waals surface area (Å²) < 4.78 is 5.96. The second-order valence-corrected chi connectivity index (χ2v) is 5.88. The molecule has 1 N–H and O–H groups in total. The minimum absolute atomic E-state index is 0.409. The van der Waals surface area contributed by atoms with Crippen LogP contribution in [0, 0.1) is 13.8 Å². The number of ether oxygens (including phenoxy) is 1. The van der Waals surface area contributed by atoms with E-state index in [0.717, 1.165) is 29.0 Å². The van der Waals surface area contributed by atoms with Crippen LogP contribution in [0.15, 0.2) is 30.3 Å². The fraction of sp³-hybridized carbons (Fsp3) is 0.294. The third-order valence-electron chi connectivity index (χ3n) is 3.30. The van der Waals surface area contributed by atoms with Crippen molar-refractivity contribution in [2.45, 2.75) is 27.0 Å². The number of benzene rings is 2. The van der Waals surface area contributed by atoms with Crippen molar-refractivity contribution in [1.29, 1.82) is 0 Å². The molecule has 0 heterocycles. The van der Waals surface area contributed by atoms with Crippen molar-refractivity contribution in [2.75, 3.05) is 7.05 Å². The van der Waals surface area contributed by atoms with E-state index in [0.29, 0.717) is 16.7 Å². The van der Waals surface area contributed by atoms with Gasteiger partial charge in [-0.2, -0.15) is 0 Å². The largest absolute Gasteiger partial charge is 0.488 e. The van der Waals surface area contributed by atoms with Gasteiger partial charge in [0.15, 0.2) is 0 Å². The van der Waals surface area contributed by atoms with Gasteiger partial charge in [-0.15, -0.1) is 0 Å². The van der Waals surface area contributed by atoms with Crippen LogP contribution in [0.1, 0.15) is 22.3 Å². The molecule has 2 rings (SSSR count). The minimum Gasteiger partial charge on any atom is -0.488 e. The topological polar surface area (TPSA) is 21.3 Å². The second kappa shape index (κ2) is 7.17. The Labute approximate surface area is 136 Å². The summed E-state index contributed by atoms with van der Waals surface area (Å²) in [5.74, 6) is 0.908. The molecule has 0 amide bonds. The maximum Gasteiger partial charge on any atom is 0.125 e. The molecular weight excluding hydrogens is 305 g/mol. The predicted molar refractivity (Wildman–Crippen MR) is 89.5 cm³/mol. The fourth-order valence-corrected chi connectivity index (χ4v) is 2.76. The molecule has 0 radical (unpaired) electrons. The molecule has 0 aliphatic carbocycles. The van der Waals surface area contributed by atoms with Crippen molar-refractivity contribution in [3.63, 3.8) is 0 Å². The zero-order valence-corrected chi connectivity index (χ0v) is 14.0. The minimum atomic E-state index is 0.409. The van der Waals surface area contributed by atoms with Crippen molar-refractivity contribution in [2.24, 2.45) is 0 Å². The summed E-state index contributed by atoms with van der Waals surface area (Å²) in [5.41, 5.74) is 4.39. The number of hydrogen-bond acceptors (Lipinski definition) is 2. The first-order chi connectivity index (χ1) is 10.0. The highest BCUT2D eigenvalue weighted by molar-refractivity contribution is 6.42. The monoisotopic (exact) mass is 323 g/mol. The Morgan fingerprint density at radius 1 is 1.10 bits per heavy atom. The van der Waals surface area contributed by atoms with E-state index >= 15 is 0 Å². The highest BCUT2D eigenvalue weighted by atomic mass is 35.5. The normalized spacial score (nSPS) is 10.7. The maximum absolute atomic E-state index is 6.19. The number of rotatable bonds is 5. The molecule has 2 aromatic carbocycles. The van der Waals surface area contributed by atoms with Gasteiger partial charge in [0.05, 0.1) is 10.0 Å². The molecule has 0 atom stereocenters. The molecule has 0 unspecified atom stereocenters. The average molecular weight is 324 g/mol. The van der Waals surface area contributed by atoms with E-state index in [1.807, 2.05) is 19.2 Å². The number of aryl methyl sites for hydroxylation is 2. The van der Waals surface area contributed by atoms with Gasteiger partial charge in [-0.25, -0.2) is 0 Å². The molecule has 0 aliphatic rings. The molecule has 0 aliphatic heterocycles. The van der Waals surface area contributed by atoms with Gasteiger partial charge >= 0.3 is 0 Å². The summed E-state index contributed by atoms with van der Waals surface area (Å²) in [5, 5.41) is 4.26. The maximum atomic E-state index is 6.19. The van der Waals surface area contributed by atoms with Crippen molar-refractivity contribution in [3.05, 3.63) is 62.6 Å². The van der Waals surface area contributed by atoms with E-state index in [1.54, 1.807) is 6.07 Å². The van der Waals surface area contributed by atoms with E-state index < -0.39 is 0 Å². The number of halogens is 2. The van der Waals surface area contributed by atoms with Crippen molar-refractivity contribution < 1.29 is 4.74 Å². The van der Waals surface area contributed by atoms with E-state index in [1.165, 1.54) is 5.56 Å². The van der Waals surface area contributed by atoms with Crippen molar-refractivity contribution in [1.82, 2.24) is 5.32 Å². The zero-order chi connectivity index (χ0) is 15.4. The number of hydrogen-bond donors (Lipinski definition) is 1. The van der Waals surface area contributed by atoms with Gasteiger partial charge in [0.1, 0.15) is 12.4 Å². The first-order valence-corrected chi connectivity index (χ1v) is 7.59. The van der Waals surface area contributed by atoms with Gasteiger partial charge in [0, 0.05) is 12.1 Å². The summed E-state index contributed by atoms with van der Waals surface area (Å²) in [6.07, 6.45) is 0. The summed E-state index contributed by atoms with van der Waals surface area (Å²) >= 11 is 12.2. The van der Waals surface area contributed by atoms with Crippen molar-refractivity contribution in [3.8, 4) is 5.75 Å². The molecule has 0 saturated heterocycles. The van der Waals surface area contributed by atoms with Gasteiger partial charge in [0.25, 0.3) is 0 Å². The Kier molecular flexibility index (Phi) is 5.51. The van der Waals surface area contributed by atoms with E-state index in [-0.39, 0.29) is 0 Å². The highest BCUT2D eigenvalue weighted by Crippen LogP contribution is 2.29. The lowest BCUT2D eigenvalue weighted by Gasteiger charge is -2.15. The van der Waals surface area contributed by atoms with E-state index in [2.05, 4.69) is 31.3 Å². The summed E-state index contributed by atoms with van der Waals surface area (Å²) in [6.45, 7) is 5.37. The number of nitrogens with one attached hydrogen (secondary N) is 1. The molecule has 4 heteroatoms. The molecule has 2 aromatic rings. The molecule has 21 heavy (non-hydrogen) atoms. The molecule has 0 fully saturated rings. The molecule has 0 saturated carbocycles. The van der Waals surface area contributed by atoms with Gasteiger partial charge in [-0.1, -0.05) is 47.5 Å². The van der Waals surface area contributed by atoms with Gasteiger partial charge in [0.2, 0.25) is 0 Å². The van der Waals surface area contributed by atoms with Crippen LogP contribution in [0.2, 0.25) is 10.0 Å². The second-order valence-electron chi connectivity index (χ2n) is 5.09. The van der Waals surface area contributed by atoms with Crippen LogP contribution in [0.25, 0.3) is 0 Å². The van der Waals surface area contributed by atoms with E-state index in [9.17, 15) is 0 Å². The predicted octanol–water partition coefficient (Wildman–Crippen LogP) is 4.91. The first-order valence-electron chi connectivity index (χ1n) is 6.83. The fourth-order valence-electron chi connectivity index (χ4n) is 2.38. The molecule has 0 aromatic heterocycles. The Hall–Kier alpha value is -1.22. The van der Waals surface area contributed by atoms with Gasteiger partial charge in [-0.3, -0.25) is 0 Å².